The average molecular weight is 249 g/mol. The van der Waals surface area contributed by atoms with Gasteiger partial charge in [0.05, 0.1) is 17.7 Å². The predicted octanol–water partition coefficient (Wildman–Crippen LogP) is 1.46. The molecular formula is C9H6ClFO5. The van der Waals surface area contributed by atoms with E-state index in [0.717, 1.165) is 13.2 Å². The summed E-state index contributed by atoms with van der Waals surface area (Å²) in [7, 11) is 1.11. The summed E-state index contributed by atoms with van der Waals surface area (Å²) in [6.45, 7) is 0. The molecule has 0 heterocycles. The third kappa shape index (κ3) is 1.92. The molecule has 1 rings (SSSR count). The van der Waals surface area contributed by atoms with Gasteiger partial charge in [0.2, 0.25) is 5.82 Å². The Morgan fingerprint density at radius 2 is 2.06 bits per heavy atom. The molecule has 1 aromatic rings. The largest absolute Gasteiger partial charge is 0.504 e. The zero-order chi connectivity index (χ0) is 12.5. The van der Waals surface area contributed by atoms with Gasteiger partial charge in [-0.05, 0) is 6.07 Å². The van der Waals surface area contributed by atoms with Gasteiger partial charge in [0, 0.05) is 0 Å². The highest BCUT2D eigenvalue weighted by atomic mass is 35.5. The molecule has 0 bridgehead atoms. The number of carboxylic acid groups (broad SMARTS) is 1. The summed E-state index contributed by atoms with van der Waals surface area (Å²) in [4.78, 5) is 21.4. The minimum absolute atomic E-state index is 0.303. The van der Waals surface area contributed by atoms with Crippen LogP contribution in [0.4, 0.5) is 4.39 Å². The van der Waals surface area contributed by atoms with Crippen molar-refractivity contribution in [3.63, 3.8) is 0 Å². The molecule has 16 heavy (non-hydrogen) atoms. The SMILES string of the molecule is COc1c(Cl)cc(C(=O)C(=O)O)c(O)c1F. The van der Waals surface area contributed by atoms with Crippen LogP contribution in [-0.4, -0.2) is 29.1 Å². The van der Waals surface area contributed by atoms with Crippen molar-refractivity contribution in [2.24, 2.45) is 0 Å². The molecule has 0 aromatic heterocycles. The Labute approximate surface area is 94.0 Å². The van der Waals surface area contributed by atoms with E-state index in [1.54, 1.807) is 0 Å². The number of phenolic OH excluding ortho intramolecular Hbond substituents is 1. The van der Waals surface area contributed by atoms with Gasteiger partial charge >= 0.3 is 5.97 Å². The van der Waals surface area contributed by atoms with E-state index in [4.69, 9.17) is 16.7 Å². The minimum atomic E-state index is -1.82. The molecule has 5 nitrogen and oxygen atoms in total. The van der Waals surface area contributed by atoms with Gasteiger partial charge in [0.1, 0.15) is 0 Å². The normalized spacial score (nSPS) is 9.94. The summed E-state index contributed by atoms with van der Waals surface area (Å²) in [6, 6.07) is 0.829. The minimum Gasteiger partial charge on any atom is -0.504 e. The quantitative estimate of drug-likeness (QED) is 0.625. The van der Waals surface area contributed by atoms with Gasteiger partial charge in [-0.25, -0.2) is 4.79 Å². The molecule has 1 aromatic carbocycles. The number of phenols is 1. The summed E-state index contributed by atoms with van der Waals surface area (Å²) >= 11 is 5.53. The Morgan fingerprint density at radius 1 is 1.50 bits per heavy atom. The van der Waals surface area contributed by atoms with Crippen LogP contribution >= 0.6 is 11.6 Å². The maximum Gasteiger partial charge on any atom is 0.377 e. The van der Waals surface area contributed by atoms with E-state index in [9.17, 15) is 19.1 Å². The van der Waals surface area contributed by atoms with Crippen molar-refractivity contribution in [2.45, 2.75) is 0 Å². The van der Waals surface area contributed by atoms with Crippen LogP contribution in [0.5, 0.6) is 11.5 Å². The van der Waals surface area contributed by atoms with Crippen LogP contribution in [0.25, 0.3) is 0 Å². The number of rotatable bonds is 3. The number of hydrogen-bond donors (Lipinski definition) is 2. The van der Waals surface area contributed by atoms with E-state index in [2.05, 4.69) is 4.74 Å². The van der Waals surface area contributed by atoms with Crippen LogP contribution in [0.15, 0.2) is 6.07 Å². The molecule has 0 amide bonds. The summed E-state index contributed by atoms with van der Waals surface area (Å²) in [6.07, 6.45) is 0. The van der Waals surface area contributed by atoms with E-state index >= 15 is 0 Å². The highest BCUT2D eigenvalue weighted by molar-refractivity contribution is 6.41. The zero-order valence-corrected chi connectivity index (χ0v) is 8.71. The molecular weight excluding hydrogens is 243 g/mol. The van der Waals surface area contributed by atoms with Crippen molar-refractivity contribution in [3.05, 3.63) is 22.5 Å². The lowest BCUT2D eigenvalue weighted by Gasteiger charge is -2.08. The molecule has 0 radical (unpaired) electrons. The van der Waals surface area contributed by atoms with Gasteiger partial charge in [-0.3, -0.25) is 4.79 Å². The fourth-order valence-corrected chi connectivity index (χ4v) is 1.34. The smallest absolute Gasteiger partial charge is 0.377 e. The van der Waals surface area contributed by atoms with E-state index in [1.165, 1.54) is 0 Å². The number of benzene rings is 1. The fraction of sp³-hybridized carbons (Fsp3) is 0.111. The lowest BCUT2D eigenvalue weighted by atomic mass is 10.1. The summed E-state index contributed by atoms with van der Waals surface area (Å²) in [5, 5.41) is 17.4. The predicted molar refractivity (Wildman–Crippen MR) is 51.6 cm³/mol. The second kappa shape index (κ2) is 4.36. The number of carbonyl (C=O) groups excluding carboxylic acids is 1. The van der Waals surface area contributed by atoms with Gasteiger partial charge in [-0.15, -0.1) is 0 Å². The number of aromatic hydroxyl groups is 1. The van der Waals surface area contributed by atoms with Crippen molar-refractivity contribution in [3.8, 4) is 11.5 Å². The number of methoxy groups -OCH3 is 1. The first-order valence-electron chi connectivity index (χ1n) is 3.92. The molecule has 0 aliphatic heterocycles. The molecule has 0 unspecified atom stereocenters. The molecule has 0 fully saturated rings. The Hall–Kier alpha value is -1.82. The van der Waals surface area contributed by atoms with E-state index < -0.39 is 34.6 Å². The first-order chi connectivity index (χ1) is 7.40. The van der Waals surface area contributed by atoms with Crippen LogP contribution in [0.2, 0.25) is 5.02 Å². The number of ether oxygens (including phenoxy) is 1. The zero-order valence-electron chi connectivity index (χ0n) is 7.95. The van der Waals surface area contributed by atoms with Crippen molar-refractivity contribution in [1.29, 1.82) is 0 Å². The molecule has 0 saturated carbocycles. The van der Waals surface area contributed by atoms with E-state index in [-0.39, 0.29) is 5.02 Å². The maximum atomic E-state index is 13.3. The third-order valence-electron chi connectivity index (χ3n) is 1.79. The van der Waals surface area contributed by atoms with Crippen LogP contribution < -0.4 is 4.74 Å². The number of hydrogen-bond acceptors (Lipinski definition) is 4. The molecule has 0 saturated heterocycles. The lowest BCUT2D eigenvalue weighted by molar-refractivity contribution is -0.131. The second-order valence-corrected chi connectivity index (χ2v) is 3.14. The van der Waals surface area contributed by atoms with Crippen molar-refractivity contribution < 1.29 is 28.9 Å². The summed E-state index contributed by atoms with van der Waals surface area (Å²) in [5.41, 5.74) is -0.726. The van der Waals surface area contributed by atoms with E-state index in [0.29, 0.717) is 0 Å². The van der Waals surface area contributed by atoms with Crippen molar-refractivity contribution in [1.82, 2.24) is 0 Å². The van der Waals surface area contributed by atoms with E-state index in [1.807, 2.05) is 0 Å². The number of aliphatic carboxylic acids is 1. The van der Waals surface area contributed by atoms with Crippen LogP contribution in [0.3, 0.4) is 0 Å². The van der Waals surface area contributed by atoms with Crippen LogP contribution in [-0.2, 0) is 4.79 Å². The summed E-state index contributed by atoms with van der Waals surface area (Å²) in [5.74, 6) is -6.12. The number of Topliss-reactive ketones (excluding diaryl/α,β-unsaturated/α-hetero) is 1. The Balaban J connectivity index is 3.45. The summed E-state index contributed by atoms with van der Waals surface area (Å²) < 4.78 is 17.9. The van der Waals surface area contributed by atoms with Crippen molar-refractivity contribution >= 4 is 23.4 Å². The molecule has 0 aliphatic carbocycles. The molecule has 2 N–H and O–H groups in total. The van der Waals surface area contributed by atoms with Gasteiger partial charge in [-0.2, -0.15) is 4.39 Å². The van der Waals surface area contributed by atoms with Crippen molar-refractivity contribution in [2.75, 3.05) is 7.11 Å². The van der Waals surface area contributed by atoms with Gasteiger partial charge in [-0.1, -0.05) is 11.6 Å². The number of halogens is 2. The second-order valence-electron chi connectivity index (χ2n) is 2.74. The third-order valence-corrected chi connectivity index (χ3v) is 2.07. The first-order valence-corrected chi connectivity index (χ1v) is 4.30. The van der Waals surface area contributed by atoms with Crippen LogP contribution in [0.1, 0.15) is 10.4 Å². The molecule has 86 valence electrons. The first kappa shape index (κ1) is 12.3. The number of carbonyl (C=O) groups is 2. The Morgan fingerprint density at radius 3 is 2.50 bits per heavy atom. The molecule has 7 heteroatoms. The molecule has 0 atom stereocenters. The lowest BCUT2D eigenvalue weighted by Crippen LogP contribution is -2.13. The fourth-order valence-electron chi connectivity index (χ4n) is 1.07. The van der Waals surface area contributed by atoms with Crippen LogP contribution in [0, 0.1) is 5.82 Å². The Bertz CT molecular complexity index is 471. The van der Waals surface area contributed by atoms with Gasteiger partial charge in [0.25, 0.3) is 5.78 Å². The molecule has 0 aliphatic rings. The standard InChI is InChI=1S/C9H6ClFO5/c1-16-8-4(10)2-3(6(12)5(8)11)7(13)9(14)15/h2,12H,1H3,(H,14,15). The van der Waals surface area contributed by atoms with Gasteiger partial charge in [0.15, 0.2) is 11.5 Å². The molecule has 0 spiro atoms. The topological polar surface area (TPSA) is 83.8 Å². The highest BCUT2D eigenvalue weighted by Gasteiger charge is 2.25. The van der Waals surface area contributed by atoms with Gasteiger partial charge < -0.3 is 14.9 Å². The number of carboxylic acids is 1. The monoisotopic (exact) mass is 248 g/mol. The highest BCUT2D eigenvalue weighted by Crippen LogP contribution is 2.36. The maximum absolute atomic E-state index is 13.3. The Kier molecular flexibility index (Phi) is 3.34. The average Bonchev–Trinajstić information content (AvgIpc) is 2.23. The number of ketones is 1.